The third-order valence-corrected chi connectivity index (χ3v) is 5.85. The van der Waals surface area contributed by atoms with Crippen LogP contribution in [-0.4, -0.2) is 37.5 Å². The van der Waals surface area contributed by atoms with Crippen LogP contribution in [-0.2, 0) is 14.4 Å². The Kier molecular flexibility index (Phi) is 7.63. The zero-order chi connectivity index (χ0) is 26.5. The minimum Gasteiger partial charge on any atom is -0.493 e. The van der Waals surface area contributed by atoms with Crippen molar-refractivity contribution in [3.63, 3.8) is 0 Å². The van der Waals surface area contributed by atoms with Crippen LogP contribution in [0.4, 0.5) is 20.6 Å². The average Bonchev–Trinajstić information content (AvgIpc) is 2.86. The van der Waals surface area contributed by atoms with Gasteiger partial charge in [0, 0.05) is 10.2 Å². The van der Waals surface area contributed by atoms with Gasteiger partial charge in [0.05, 0.1) is 12.8 Å². The third-order valence-electron chi connectivity index (χ3n) is 5.17. The zero-order valence-electron chi connectivity index (χ0n) is 19.3. The number of carbonyl (C=O) groups is 4. The van der Waals surface area contributed by atoms with E-state index in [-0.39, 0.29) is 35.3 Å². The Morgan fingerprint density at radius 2 is 1.81 bits per heavy atom. The first-order valence-corrected chi connectivity index (χ1v) is 11.6. The summed E-state index contributed by atoms with van der Waals surface area (Å²) in [5, 5.41) is 4.78. The maximum absolute atomic E-state index is 13.7. The van der Waals surface area contributed by atoms with Gasteiger partial charge in [0.15, 0.2) is 18.1 Å². The largest absolute Gasteiger partial charge is 0.493 e. The zero-order valence-corrected chi connectivity index (χ0v) is 20.9. The molecule has 0 saturated carbocycles. The fraction of sp³-hybridized carbons (Fsp3) is 0.0769. The van der Waals surface area contributed by atoms with Gasteiger partial charge in [0.25, 0.3) is 17.7 Å². The number of benzene rings is 3. The second-order valence-corrected chi connectivity index (χ2v) is 8.52. The predicted molar refractivity (Wildman–Crippen MR) is 137 cm³/mol. The molecule has 0 atom stereocenters. The average molecular weight is 568 g/mol. The molecule has 3 aromatic carbocycles. The van der Waals surface area contributed by atoms with Crippen molar-refractivity contribution < 1.29 is 33.0 Å². The highest BCUT2D eigenvalue weighted by molar-refractivity contribution is 9.10. The monoisotopic (exact) mass is 567 g/mol. The molecule has 1 aliphatic rings. The van der Waals surface area contributed by atoms with E-state index in [1.54, 1.807) is 24.3 Å². The Balaban J connectivity index is 1.57. The number of imide groups is 2. The normalized spacial score (nSPS) is 14.4. The van der Waals surface area contributed by atoms with Crippen molar-refractivity contribution in [3.05, 3.63) is 88.2 Å². The number of urea groups is 1. The lowest BCUT2D eigenvalue weighted by atomic mass is 10.1. The molecule has 0 bridgehead atoms. The predicted octanol–water partition coefficient (Wildman–Crippen LogP) is 4.28. The van der Waals surface area contributed by atoms with E-state index < -0.39 is 23.7 Å². The van der Waals surface area contributed by atoms with Gasteiger partial charge in [-0.25, -0.2) is 14.1 Å². The highest BCUT2D eigenvalue weighted by Crippen LogP contribution is 2.35. The highest BCUT2D eigenvalue weighted by Gasteiger charge is 2.37. The minimum absolute atomic E-state index is 0.0323. The Bertz CT molecular complexity index is 1430. The molecular weight excluding hydrogens is 549 g/mol. The van der Waals surface area contributed by atoms with E-state index in [0.29, 0.717) is 20.6 Å². The molecule has 11 heteroatoms. The standard InChI is InChI=1S/C26H19BrFN3O6/c1-36-21-11-15(20(27)13-22(21)37-14-23(32)29-17-7-3-2-4-8-17)10-19-24(33)30-26(35)31(25(19)34)18-9-5-6-16(28)12-18/h2-13H,14H2,1H3,(H,29,32)(H,30,33,35)/b19-10+. The summed E-state index contributed by atoms with van der Waals surface area (Å²) >= 11 is 3.37. The summed E-state index contributed by atoms with van der Waals surface area (Å²) < 4.78 is 25.1. The summed E-state index contributed by atoms with van der Waals surface area (Å²) in [7, 11) is 1.39. The molecule has 0 aromatic heterocycles. The summed E-state index contributed by atoms with van der Waals surface area (Å²) in [6.07, 6.45) is 1.26. The summed E-state index contributed by atoms with van der Waals surface area (Å²) in [6, 6.07) is 15.8. The number of carbonyl (C=O) groups excluding carboxylic acids is 4. The van der Waals surface area contributed by atoms with Crippen LogP contribution in [0, 0.1) is 5.82 Å². The van der Waals surface area contributed by atoms with Crippen molar-refractivity contribution in [2.45, 2.75) is 0 Å². The lowest BCUT2D eigenvalue weighted by Gasteiger charge is -2.26. The molecule has 0 spiro atoms. The van der Waals surface area contributed by atoms with Crippen LogP contribution in [0.25, 0.3) is 6.08 Å². The lowest BCUT2D eigenvalue weighted by molar-refractivity contribution is -0.122. The number of methoxy groups -OCH3 is 1. The number of nitrogens with zero attached hydrogens (tertiary/aromatic N) is 1. The number of barbiturate groups is 1. The van der Waals surface area contributed by atoms with Gasteiger partial charge in [0.2, 0.25) is 0 Å². The first-order valence-electron chi connectivity index (χ1n) is 10.8. The van der Waals surface area contributed by atoms with Crippen molar-refractivity contribution >= 4 is 57.1 Å². The van der Waals surface area contributed by atoms with E-state index >= 15 is 0 Å². The Hall–Kier alpha value is -4.51. The number of hydrogen-bond donors (Lipinski definition) is 2. The van der Waals surface area contributed by atoms with Gasteiger partial charge >= 0.3 is 6.03 Å². The minimum atomic E-state index is -0.994. The number of rotatable bonds is 7. The molecule has 0 unspecified atom stereocenters. The van der Waals surface area contributed by atoms with Crippen molar-refractivity contribution in [2.24, 2.45) is 0 Å². The SMILES string of the molecule is COc1cc(/C=C2\C(=O)NC(=O)N(c3cccc(F)c3)C2=O)c(Br)cc1OCC(=O)Nc1ccccc1. The molecule has 1 heterocycles. The highest BCUT2D eigenvalue weighted by atomic mass is 79.9. The molecule has 0 aliphatic carbocycles. The molecule has 37 heavy (non-hydrogen) atoms. The maximum atomic E-state index is 13.7. The second-order valence-electron chi connectivity index (χ2n) is 7.67. The van der Waals surface area contributed by atoms with Crippen LogP contribution in [0.2, 0.25) is 0 Å². The number of ether oxygens (including phenoxy) is 2. The second kappa shape index (κ2) is 11.0. The van der Waals surface area contributed by atoms with Gasteiger partial charge in [-0.3, -0.25) is 19.7 Å². The van der Waals surface area contributed by atoms with Crippen molar-refractivity contribution in [2.75, 3.05) is 23.9 Å². The van der Waals surface area contributed by atoms with E-state index in [4.69, 9.17) is 9.47 Å². The van der Waals surface area contributed by atoms with E-state index in [1.807, 2.05) is 6.07 Å². The van der Waals surface area contributed by atoms with Gasteiger partial charge in [0.1, 0.15) is 11.4 Å². The quantitative estimate of drug-likeness (QED) is 0.325. The maximum Gasteiger partial charge on any atom is 0.335 e. The number of para-hydroxylation sites is 1. The summed E-state index contributed by atoms with van der Waals surface area (Å²) in [6.45, 7) is -0.302. The fourth-order valence-electron chi connectivity index (χ4n) is 3.46. The molecule has 5 amide bonds. The molecule has 4 rings (SSSR count). The van der Waals surface area contributed by atoms with Crippen LogP contribution in [0.1, 0.15) is 5.56 Å². The van der Waals surface area contributed by atoms with Crippen LogP contribution in [0.5, 0.6) is 11.5 Å². The lowest BCUT2D eigenvalue weighted by Crippen LogP contribution is -2.54. The smallest absolute Gasteiger partial charge is 0.335 e. The molecule has 9 nitrogen and oxygen atoms in total. The summed E-state index contributed by atoms with van der Waals surface area (Å²) in [4.78, 5) is 50.8. The van der Waals surface area contributed by atoms with E-state index in [2.05, 4.69) is 26.6 Å². The fourth-order valence-corrected chi connectivity index (χ4v) is 3.90. The van der Waals surface area contributed by atoms with Gasteiger partial charge in [-0.05, 0) is 54.1 Å². The Labute approximate surface area is 219 Å². The van der Waals surface area contributed by atoms with Crippen LogP contribution >= 0.6 is 15.9 Å². The summed E-state index contributed by atoms with van der Waals surface area (Å²) in [5.74, 6) is -2.42. The number of anilines is 2. The molecule has 1 aliphatic heterocycles. The first-order chi connectivity index (χ1) is 17.8. The van der Waals surface area contributed by atoms with Crippen molar-refractivity contribution in [1.82, 2.24) is 5.32 Å². The van der Waals surface area contributed by atoms with E-state index in [9.17, 15) is 23.6 Å². The van der Waals surface area contributed by atoms with Crippen LogP contribution in [0.3, 0.4) is 0 Å². The van der Waals surface area contributed by atoms with Crippen LogP contribution < -0.4 is 25.0 Å². The Morgan fingerprint density at radius 1 is 1.05 bits per heavy atom. The van der Waals surface area contributed by atoms with Crippen molar-refractivity contribution in [3.8, 4) is 11.5 Å². The third kappa shape index (κ3) is 5.84. The van der Waals surface area contributed by atoms with Crippen LogP contribution in [0.15, 0.2) is 76.8 Å². The van der Waals surface area contributed by atoms with E-state index in [1.165, 1.54) is 37.5 Å². The molecule has 1 saturated heterocycles. The molecule has 188 valence electrons. The van der Waals surface area contributed by atoms with Crippen molar-refractivity contribution in [1.29, 1.82) is 0 Å². The molecular formula is C26H19BrFN3O6. The molecule has 1 fully saturated rings. The van der Waals surface area contributed by atoms with Gasteiger partial charge in [-0.2, -0.15) is 0 Å². The topological polar surface area (TPSA) is 114 Å². The number of halogens is 2. The molecule has 0 radical (unpaired) electrons. The van der Waals surface area contributed by atoms with Gasteiger partial charge in [-0.15, -0.1) is 0 Å². The summed E-state index contributed by atoms with van der Waals surface area (Å²) in [5.41, 5.74) is 0.579. The van der Waals surface area contributed by atoms with E-state index in [0.717, 1.165) is 12.1 Å². The number of amides is 5. The molecule has 2 N–H and O–H groups in total. The van der Waals surface area contributed by atoms with Gasteiger partial charge < -0.3 is 14.8 Å². The molecule has 3 aromatic rings. The van der Waals surface area contributed by atoms with Gasteiger partial charge in [-0.1, -0.05) is 40.2 Å². The number of nitrogens with one attached hydrogen (secondary N) is 2. The number of hydrogen-bond acceptors (Lipinski definition) is 6. The Morgan fingerprint density at radius 3 is 2.51 bits per heavy atom. The first kappa shape index (κ1) is 25.6.